The van der Waals surface area contributed by atoms with Crippen LogP contribution in [0.4, 0.5) is 0 Å². The van der Waals surface area contributed by atoms with Gasteiger partial charge >= 0.3 is 5.97 Å². The topological polar surface area (TPSA) is 35.5 Å². The summed E-state index contributed by atoms with van der Waals surface area (Å²) >= 11 is 0. The van der Waals surface area contributed by atoms with Crippen LogP contribution in [0, 0.1) is 5.92 Å². The number of esters is 1. The van der Waals surface area contributed by atoms with Crippen LogP contribution in [-0.4, -0.2) is 13.1 Å². The normalized spacial score (nSPS) is 12.4. The molecule has 1 rings (SSSR count). The average Bonchev–Trinajstić information content (AvgIpc) is 2.39. The molecule has 0 bridgehead atoms. The molecule has 0 saturated carbocycles. The van der Waals surface area contributed by atoms with Gasteiger partial charge in [0.05, 0.1) is 13.0 Å². The van der Waals surface area contributed by atoms with Crippen molar-refractivity contribution in [2.75, 3.05) is 7.11 Å². The van der Waals surface area contributed by atoms with E-state index < -0.39 is 0 Å². The van der Waals surface area contributed by atoms with E-state index in [0.717, 1.165) is 12.0 Å². The number of allylic oxidation sites excluding steroid dienone is 1. The maximum Gasteiger partial charge on any atom is 0.314 e. The van der Waals surface area contributed by atoms with Crippen LogP contribution in [0.15, 0.2) is 24.3 Å². The predicted octanol–water partition coefficient (Wildman–Crippen LogP) is 3.68. The van der Waals surface area contributed by atoms with E-state index in [1.807, 2.05) is 45.1 Å². The van der Waals surface area contributed by atoms with Crippen LogP contribution in [0.25, 0.3) is 6.08 Å². The van der Waals surface area contributed by atoms with Gasteiger partial charge in [0.1, 0.15) is 0 Å². The smallest absolute Gasteiger partial charge is 0.314 e. The first-order valence-electron chi connectivity index (χ1n) is 6.14. The SMILES string of the molecule is CC=Cc1ccc(OC(=O)[C@H](C)CC)c(OC)c1. The minimum atomic E-state index is -0.227. The van der Waals surface area contributed by atoms with E-state index in [9.17, 15) is 4.79 Å². The molecule has 0 aliphatic carbocycles. The van der Waals surface area contributed by atoms with Gasteiger partial charge in [-0.1, -0.05) is 32.1 Å². The fourth-order valence-corrected chi connectivity index (χ4v) is 1.44. The maximum absolute atomic E-state index is 11.7. The molecule has 3 nitrogen and oxygen atoms in total. The summed E-state index contributed by atoms with van der Waals surface area (Å²) in [5.74, 6) is 0.706. The molecule has 0 aliphatic rings. The predicted molar refractivity (Wildman–Crippen MR) is 72.8 cm³/mol. The highest BCUT2D eigenvalue weighted by atomic mass is 16.6. The third-order valence-electron chi connectivity index (χ3n) is 2.77. The second-order valence-electron chi connectivity index (χ2n) is 4.14. The van der Waals surface area contributed by atoms with Crippen molar-refractivity contribution >= 4 is 12.0 Å². The molecule has 0 unspecified atom stereocenters. The fourth-order valence-electron chi connectivity index (χ4n) is 1.44. The first kappa shape index (κ1) is 14.3. The van der Waals surface area contributed by atoms with Crippen molar-refractivity contribution in [2.24, 2.45) is 5.92 Å². The number of carbonyl (C=O) groups excluding carboxylic acids is 1. The Hall–Kier alpha value is -1.77. The van der Waals surface area contributed by atoms with Crippen LogP contribution in [0.3, 0.4) is 0 Å². The van der Waals surface area contributed by atoms with Crippen LogP contribution < -0.4 is 9.47 Å². The van der Waals surface area contributed by atoms with Crippen LogP contribution in [0.1, 0.15) is 32.8 Å². The molecular weight excluding hydrogens is 228 g/mol. The molecule has 0 heterocycles. The molecule has 1 aromatic rings. The zero-order valence-electron chi connectivity index (χ0n) is 11.4. The Morgan fingerprint density at radius 1 is 1.39 bits per heavy atom. The third kappa shape index (κ3) is 3.62. The lowest BCUT2D eigenvalue weighted by Gasteiger charge is -2.12. The molecule has 0 saturated heterocycles. The van der Waals surface area contributed by atoms with Crippen LogP contribution in [-0.2, 0) is 4.79 Å². The number of ether oxygens (including phenoxy) is 2. The molecule has 0 aliphatic heterocycles. The van der Waals surface area contributed by atoms with Crippen molar-refractivity contribution in [3.05, 3.63) is 29.8 Å². The largest absolute Gasteiger partial charge is 0.493 e. The van der Waals surface area contributed by atoms with Gasteiger partial charge in [-0.15, -0.1) is 0 Å². The van der Waals surface area contributed by atoms with Gasteiger partial charge in [-0.05, 0) is 31.0 Å². The Bertz CT molecular complexity index is 435. The fraction of sp³-hybridized carbons (Fsp3) is 0.400. The van der Waals surface area contributed by atoms with Crippen molar-refractivity contribution < 1.29 is 14.3 Å². The quantitative estimate of drug-likeness (QED) is 0.589. The highest BCUT2D eigenvalue weighted by molar-refractivity contribution is 5.75. The summed E-state index contributed by atoms with van der Waals surface area (Å²) in [7, 11) is 1.56. The van der Waals surface area contributed by atoms with E-state index in [4.69, 9.17) is 9.47 Å². The maximum atomic E-state index is 11.7. The summed E-state index contributed by atoms with van der Waals surface area (Å²) in [6.07, 6.45) is 4.67. The molecule has 98 valence electrons. The van der Waals surface area contributed by atoms with Crippen molar-refractivity contribution in [3.8, 4) is 11.5 Å². The summed E-state index contributed by atoms with van der Waals surface area (Å²) in [4.78, 5) is 11.7. The molecule has 3 heteroatoms. The van der Waals surface area contributed by atoms with E-state index in [0.29, 0.717) is 11.5 Å². The molecule has 0 fully saturated rings. The molecule has 0 amide bonds. The Morgan fingerprint density at radius 2 is 2.11 bits per heavy atom. The zero-order chi connectivity index (χ0) is 13.5. The lowest BCUT2D eigenvalue weighted by Crippen LogP contribution is -2.17. The van der Waals surface area contributed by atoms with E-state index >= 15 is 0 Å². The van der Waals surface area contributed by atoms with E-state index in [1.54, 1.807) is 13.2 Å². The molecule has 1 aromatic carbocycles. The van der Waals surface area contributed by atoms with Gasteiger partial charge in [0, 0.05) is 0 Å². The molecule has 0 aromatic heterocycles. The van der Waals surface area contributed by atoms with Crippen LogP contribution in [0.2, 0.25) is 0 Å². The number of methoxy groups -OCH3 is 1. The van der Waals surface area contributed by atoms with Gasteiger partial charge in [-0.2, -0.15) is 0 Å². The van der Waals surface area contributed by atoms with Crippen LogP contribution in [0.5, 0.6) is 11.5 Å². The Balaban J connectivity index is 2.92. The van der Waals surface area contributed by atoms with Crippen LogP contribution >= 0.6 is 0 Å². The minimum absolute atomic E-state index is 0.107. The lowest BCUT2D eigenvalue weighted by molar-refractivity contribution is -0.138. The van der Waals surface area contributed by atoms with Gasteiger partial charge in [0.25, 0.3) is 0 Å². The number of hydrogen-bond acceptors (Lipinski definition) is 3. The highest BCUT2D eigenvalue weighted by Gasteiger charge is 2.15. The summed E-state index contributed by atoms with van der Waals surface area (Å²) in [6.45, 7) is 5.75. The van der Waals surface area contributed by atoms with Gasteiger partial charge in [-0.3, -0.25) is 4.79 Å². The number of hydrogen-bond donors (Lipinski definition) is 0. The Labute approximate surface area is 108 Å². The number of benzene rings is 1. The summed E-state index contributed by atoms with van der Waals surface area (Å²) in [5, 5.41) is 0. The molecule has 0 radical (unpaired) electrons. The second kappa shape index (κ2) is 6.84. The molecule has 18 heavy (non-hydrogen) atoms. The zero-order valence-corrected chi connectivity index (χ0v) is 11.4. The van der Waals surface area contributed by atoms with Crippen molar-refractivity contribution in [1.29, 1.82) is 0 Å². The number of rotatable bonds is 5. The van der Waals surface area contributed by atoms with Gasteiger partial charge in [0.15, 0.2) is 11.5 Å². The van der Waals surface area contributed by atoms with Gasteiger partial charge in [-0.25, -0.2) is 0 Å². The average molecular weight is 248 g/mol. The van der Waals surface area contributed by atoms with E-state index in [1.165, 1.54) is 0 Å². The van der Waals surface area contributed by atoms with Gasteiger partial charge in [0.2, 0.25) is 0 Å². The van der Waals surface area contributed by atoms with Crippen molar-refractivity contribution in [2.45, 2.75) is 27.2 Å². The second-order valence-corrected chi connectivity index (χ2v) is 4.14. The lowest BCUT2D eigenvalue weighted by atomic mass is 10.1. The molecule has 0 N–H and O–H groups in total. The summed E-state index contributed by atoms with van der Waals surface area (Å²) < 4.78 is 10.6. The highest BCUT2D eigenvalue weighted by Crippen LogP contribution is 2.29. The monoisotopic (exact) mass is 248 g/mol. The summed E-state index contributed by atoms with van der Waals surface area (Å²) in [5.41, 5.74) is 1.01. The van der Waals surface area contributed by atoms with Crippen molar-refractivity contribution in [1.82, 2.24) is 0 Å². The molecular formula is C15H20O3. The first-order chi connectivity index (χ1) is 8.62. The van der Waals surface area contributed by atoms with Crippen molar-refractivity contribution in [3.63, 3.8) is 0 Å². The van der Waals surface area contributed by atoms with E-state index in [-0.39, 0.29) is 11.9 Å². The summed E-state index contributed by atoms with van der Waals surface area (Å²) in [6, 6.07) is 5.50. The van der Waals surface area contributed by atoms with Gasteiger partial charge < -0.3 is 9.47 Å². The first-order valence-corrected chi connectivity index (χ1v) is 6.14. The third-order valence-corrected chi connectivity index (χ3v) is 2.77. The molecule has 0 spiro atoms. The Morgan fingerprint density at radius 3 is 2.67 bits per heavy atom. The molecule has 1 atom stereocenters. The Kier molecular flexibility index (Phi) is 5.43. The number of carbonyl (C=O) groups is 1. The standard InChI is InChI=1S/C15H20O3/c1-5-7-12-8-9-13(14(10-12)17-4)18-15(16)11(3)6-2/h5,7-11H,6H2,1-4H3/t11-/m1/s1. The minimum Gasteiger partial charge on any atom is -0.493 e. The van der Waals surface area contributed by atoms with E-state index in [2.05, 4.69) is 0 Å².